The van der Waals surface area contributed by atoms with Crippen molar-refractivity contribution in [1.29, 1.82) is 0 Å². The topological polar surface area (TPSA) is 88.2 Å². The molecule has 0 spiro atoms. The highest BCUT2D eigenvalue weighted by Crippen LogP contribution is 2.19. The number of amides is 1. The zero-order chi connectivity index (χ0) is 13.0. The number of hydrogen-bond donors (Lipinski definition) is 3. The van der Waals surface area contributed by atoms with Crippen LogP contribution < -0.4 is 11.1 Å². The molecule has 2 rings (SSSR count). The number of hydrogen-bond acceptors (Lipinski definition) is 4. The Morgan fingerprint density at radius 2 is 2.00 bits per heavy atom. The van der Waals surface area contributed by atoms with E-state index in [4.69, 9.17) is 5.73 Å². The normalized spacial score (nSPS) is 10.0. The summed E-state index contributed by atoms with van der Waals surface area (Å²) in [5.74, 6) is -0.113. The first-order chi connectivity index (χ1) is 8.66. The summed E-state index contributed by atoms with van der Waals surface area (Å²) in [6.07, 6.45) is 3.10. The highest BCUT2D eigenvalue weighted by molar-refractivity contribution is 5.93. The second kappa shape index (κ2) is 5.18. The summed E-state index contributed by atoms with van der Waals surface area (Å²) in [4.78, 5) is 15.6. The fourth-order valence-corrected chi connectivity index (χ4v) is 1.53. The third-order valence-corrected chi connectivity index (χ3v) is 2.49. The van der Waals surface area contributed by atoms with Crippen LogP contribution in [0, 0.1) is 0 Å². The Hall–Kier alpha value is -2.56. The van der Waals surface area contributed by atoms with E-state index in [-0.39, 0.29) is 18.2 Å². The fourth-order valence-electron chi connectivity index (χ4n) is 1.53. The molecule has 0 saturated carbocycles. The monoisotopic (exact) mass is 243 g/mol. The summed E-state index contributed by atoms with van der Waals surface area (Å²) >= 11 is 0. The van der Waals surface area contributed by atoms with Crippen molar-refractivity contribution in [2.24, 2.45) is 0 Å². The van der Waals surface area contributed by atoms with Gasteiger partial charge in [-0.2, -0.15) is 0 Å². The minimum atomic E-state index is -0.223. The zero-order valence-corrected chi connectivity index (χ0v) is 9.63. The third-order valence-electron chi connectivity index (χ3n) is 2.49. The summed E-state index contributed by atoms with van der Waals surface area (Å²) in [6.45, 7) is 0.220. The predicted molar refractivity (Wildman–Crippen MR) is 67.9 cm³/mol. The predicted octanol–water partition coefficient (Wildman–Crippen LogP) is 1.30. The molecule has 0 atom stereocenters. The molecular formula is C13H13N3O2. The molecule has 0 aliphatic heterocycles. The number of nitrogen functional groups attached to an aromatic ring is 1. The number of anilines is 1. The quantitative estimate of drug-likeness (QED) is 0.560. The lowest BCUT2D eigenvalue weighted by atomic mass is 10.1. The van der Waals surface area contributed by atoms with Crippen LogP contribution in [0.5, 0.6) is 5.75 Å². The van der Waals surface area contributed by atoms with Crippen LogP contribution in [-0.2, 0) is 6.54 Å². The molecule has 1 heterocycles. The van der Waals surface area contributed by atoms with Gasteiger partial charge in [-0.15, -0.1) is 0 Å². The van der Waals surface area contributed by atoms with Crippen molar-refractivity contribution in [1.82, 2.24) is 10.3 Å². The molecule has 92 valence electrons. The van der Waals surface area contributed by atoms with Crippen molar-refractivity contribution < 1.29 is 9.90 Å². The highest BCUT2D eigenvalue weighted by atomic mass is 16.3. The van der Waals surface area contributed by atoms with Gasteiger partial charge in [0.15, 0.2) is 0 Å². The van der Waals surface area contributed by atoms with E-state index in [1.165, 1.54) is 6.07 Å². The van der Waals surface area contributed by atoms with E-state index in [2.05, 4.69) is 10.3 Å². The second-order valence-corrected chi connectivity index (χ2v) is 3.81. The molecule has 0 unspecified atom stereocenters. The number of rotatable bonds is 3. The summed E-state index contributed by atoms with van der Waals surface area (Å²) < 4.78 is 0. The van der Waals surface area contributed by atoms with Crippen molar-refractivity contribution in [2.75, 3.05) is 5.73 Å². The van der Waals surface area contributed by atoms with Gasteiger partial charge in [0, 0.05) is 35.8 Å². The van der Waals surface area contributed by atoms with Crippen LogP contribution in [0.2, 0.25) is 0 Å². The molecule has 4 N–H and O–H groups in total. The van der Waals surface area contributed by atoms with Gasteiger partial charge in [-0.1, -0.05) is 0 Å². The third kappa shape index (κ3) is 2.76. The van der Waals surface area contributed by atoms with Crippen molar-refractivity contribution in [2.45, 2.75) is 6.54 Å². The van der Waals surface area contributed by atoms with Crippen LogP contribution in [0.25, 0.3) is 0 Å². The van der Waals surface area contributed by atoms with Gasteiger partial charge >= 0.3 is 0 Å². The van der Waals surface area contributed by atoms with E-state index in [1.807, 2.05) is 0 Å². The molecule has 1 aromatic carbocycles. The van der Waals surface area contributed by atoms with Crippen molar-refractivity contribution in [3.8, 4) is 5.75 Å². The molecule has 0 aliphatic rings. The minimum Gasteiger partial charge on any atom is -0.508 e. The fraction of sp³-hybridized carbons (Fsp3) is 0.0769. The minimum absolute atomic E-state index is 0.110. The zero-order valence-electron chi connectivity index (χ0n) is 9.63. The van der Waals surface area contributed by atoms with Gasteiger partial charge in [0.1, 0.15) is 5.75 Å². The highest BCUT2D eigenvalue weighted by Gasteiger charge is 2.06. The summed E-state index contributed by atoms with van der Waals surface area (Å²) in [5, 5.41) is 12.3. The van der Waals surface area contributed by atoms with Gasteiger partial charge in [-0.05, 0) is 30.3 Å². The summed E-state index contributed by atoms with van der Waals surface area (Å²) in [5.41, 5.74) is 7.26. The smallest absolute Gasteiger partial charge is 0.251 e. The number of nitrogens with zero attached hydrogens (tertiary/aromatic N) is 1. The van der Waals surface area contributed by atoms with Gasteiger partial charge < -0.3 is 16.2 Å². The van der Waals surface area contributed by atoms with E-state index in [0.29, 0.717) is 16.8 Å². The molecule has 2 aromatic rings. The maximum Gasteiger partial charge on any atom is 0.251 e. The van der Waals surface area contributed by atoms with E-state index in [0.717, 1.165) is 0 Å². The number of phenolic OH excluding ortho intramolecular Hbond substituents is 1. The molecule has 18 heavy (non-hydrogen) atoms. The van der Waals surface area contributed by atoms with Gasteiger partial charge in [0.2, 0.25) is 0 Å². The molecule has 0 saturated heterocycles. The number of carbonyl (C=O) groups is 1. The van der Waals surface area contributed by atoms with Gasteiger partial charge in [0.25, 0.3) is 5.91 Å². The maximum absolute atomic E-state index is 11.8. The van der Waals surface area contributed by atoms with Gasteiger partial charge in [-0.25, -0.2) is 0 Å². The number of nitrogens with two attached hydrogens (primary N) is 1. The first-order valence-electron chi connectivity index (χ1n) is 5.42. The van der Waals surface area contributed by atoms with E-state index < -0.39 is 0 Å². The summed E-state index contributed by atoms with van der Waals surface area (Å²) in [6, 6.07) is 7.97. The average Bonchev–Trinajstić information content (AvgIpc) is 2.40. The molecule has 0 radical (unpaired) electrons. The Balaban J connectivity index is 2.04. The maximum atomic E-state index is 11.8. The second-order valence-electron chi connectivity index (χ2n) is 3.81. The molecule has 0 fully saturated rings. The van der Waals surface area contributed by atoms with Crippen LogP contribution in [0.1, 0.15) is 15.9 Å². The van der Waals surface area contributed by atoms with Crippen LogP contribution in [-0.4, -0.2) is 16.0 Å². The Morgan fingerprint density at radius 3 is 2.72 bits per heavy atom. The SMILES string of the molecule is Nc1ccc(O)c(CNC(=O)c2ccncc2)c1. The standard InChI is InChI=1S/C13H13N3O2/c14-11-1-2-12(17)10(7-11)8-16-13(18)9-3-5-15-6-4-9/h1-7,17H,8,14H2,(H,16,18). The van der Waals surface area contributed by atoms with Crippen molar-refractivity contribution in [3.63, 3.8) is 0 Å². The van der Waals surface area contributed by atoms with Crippen LogP contribution in [0.15, 0.2) is 42.7 Å². The Labute approximate surface area is 104 Å². The molecule has 5 nitrogen and oxygen atoms in total. The molecular weight excluding hydrogens is 230 g/mol. The molecule has 0 aliphatic carbocycles. The average molecular weight is 243 g/mol. The lowest BCUT2D eigenvalue weighted by molar-refractivity contribution is 0.0950. The Morgan fingerprint density at radius 1 is 1.28 bits per heavy atom. The Bertz CT molecular complexity index is 555. The van der Waals surface area contributed by atoms with E-state index >= 15 is 0 Å². The van der Waals surface area contributed by atoms with Crippen LogP contribution in [0.3, 0.4) is 0 Å². The largest absolute Gasteiger partial charge is 0.508 e. The van der Waals surface area contributed by atoms with Crippen LogP contribution in [0.4, 0.5) is 5.69 Å². The van der Waals surface area contributed by atoms with Crippen molar-refractivity contribution in [3.05, 3.63) is 53.9 Å². The molecule has 0 bridgehead atoms. The molecule has 1 aromatic heterocycles. The number of aromatic hydroxyl groups is 1. The van der Waals surface area contributed by atoms with Crippen molar-refractivity contribution >= 4 is 11.6 Å². The van der Waals surface area contributed by atoms with Crippen LogP contribution >= 0.6 is 0 Å². The molecule has 5 heteroatoms. The van der Waals surface area contributed by atoms with Gasteiger partial charge in [-0.3, -0.25) is 9.78 Å². The number of nitrogens with one attached hydrogen (secondary N) is 1. The first kappa shape index (κ1) is 11.9. The van der Waals surface area contributed by atoms with E-state index in [9.17, 15) is 9.90 Å². The number of pyridine rings is 1. The lowest BCUT2D eigenvalue weighted by Gasteiger charge is -2.07. The van der Waals surface area contributed by atoms with E-state index in [1.54, 1.807) is 36.7 Å². The number of phenols is 1. The molecule has 1 amide bonds. The lowest BCUT2D eigenvalue weighted by Crippen LogP contribution is -2.22. The number of aromatic nitrogens is 1. The van der Waals surface area contributed by atoms with Gasteiger partial charge in [0.05, 0.1) is 0 Å². The number of benzene rings is 1. The summed E-state index contributed by atoms with van der Waals surface area (Å²) in [7, 11) is 0. The Kier molecular flexibility index (Phi) is 3.43. The first-order valence-corrected chi connectivity index (χ1v) is 5.42. The number of carbonyl (C=O) groups excluding carboxylic acids is 1.